The first-order chi connectivity index (χ1) is 27.2. The third-order valence-electron chi connectivity index (χ3n) is 10.6. The van der Waals surface area contributed by atoms with E-state index >= 15 is 0 Å². The largest absolute Gasteiger partial charge is 0.508 e. The van der Waals surface area contributed by atoms with Crippen molar-refractivity contribution < 1.29 is 78.9 Å². The molecular formula is C41H60O16. The maximum absolute atomic E-state index is 13.3. The Morgan fingerprint density at radius 2 is 1.75 bits per heavy atom. The molecule has 13 atom stereocenters. The van der Waals surface area contributed by atoms with E-state index in [1.54, 1.807) is 19.1 Å². The van der Waals surface area contributed by atoms with E-state index in [4.69, 9.17) is 28.4 Å². The third-order valence-corrected chi connectivity index (χ3v) is 10.6. The van der Waals surface area contributed by atoms with E-state index in [0.717, 1.165) is 37.8 Å². The van der Waals surface area contributed by atoms with E-state index in [2.05, 4.69) is 26.0 Å². The van der Waals surface area contributed by atoms with Crippen LogP contribution in [0.3, 0.4) is 0 Å². The third kappa shape index (κ3) is 11.6. The monoisotopic (exact) mass is 808 g/mol. The molecule has 8 N–H and O–H groups in total. The van der Waals surface area contributed by atoms with Crippen molar-refractivity contribution in [2.45, 2.75) is 146 Å². The summed E-state index contributed by atoms with van der Waals surface area (Å²) >= 11 is 0. The molecule has 1 aromatic rings. The molecule has 0 unspecified atom stereocenters. The fourth-order valence-corrected chi connectivity index (χ4v) is 7.00. The van der Waals surface area contributed by atoms with Gasteiger partial charge >= 0.3 is 11.9 Å². The summed E-state index contributed by atoms with van der Waals surface area (Å²) in [6.45, 7) is 6.41. The zero-order chi connectivity index (χ0) is 41.9. The number of hydrogen-bond donors (Lipinski definition) is 8. The number of hydrogen-bond acceptors (Lipinski definition) is 16. The van der Waals surface area contributed by atoms with Crippen LogP contribution in [0.2, 0.25) is 0 Å². The average molecular weight is 809 g/mol. The minimum absolute atomic E-state index is 0.0491. The van der Waals surface area contributed by atoms with Crippen molar-refractivity contribution in [3.63, 3.8) is 0 Å². The summed E-state index contributed by atoms with van der Waals surface area (Å²) in [5.74, 6) is -4.07. The highest BCUT2D eigenvalue weighted by Gasteiger charge is 2.63. The Morgan fingerprint density at radius 1 is 1.00 bits per heavy atom. The van der Waals surface area contributed by atoms with Crippen molar-refractivity contribution in [2.24, 2.45) is 11.8 Å². The van der Waals surface area contributed by atoms with Crippen LogP contribution in [-0.2, 0) is 50.4 Å². The number of benzene rings is 1. The summed E-state index contributed by atoms with van der Waals surface area (Å²) in [5, 5.41) is 86.1. The minimum atomic E-state index is -2.25. The van der Waals surface area contributed by atoms with Gasteiger partial charge in [-0.1, -0.05) is 64.5 Å². The molecule has 16 heteroatoms. The number of ether oxygens (including phenoxy) is 6. The summed E-state index contributed by atoms with van der Waals surface area (Å²) in [7, 11) is 0. The van der Waals surface area contributed by atoms with Crippen molar-refractivity contribution in [1.29, 1.82) is 0 Å². The van der Waals surface area contributed by atoms with Crippen LogP contribution in [0.5, 0.6) is 11.5 Å². The van der Waals surface area contributed by atoms with E-state index in [1.807, 2.05) is 6.92 Å². The molecule has 3 heterocycles. The number of aliphatic hydroxyl groups is 6. The van der Waals surface area contributed by atoms with Crippen LogP contribution in [-0.4, -0.2) is 127 Å². The normalized spacial score (nSPS) is 31.9. The highest BCUT2D eigenvalue weighted by Crippen LogP contribution is 2.51. The molecule has 0 aliphatic carbocycles. The molecule has 1 aromatic carbocycles. The Morgan fingerprint density at radius 3 is 2.46 bits per heavy atom. The maximum Gasteiger partial charge on any atom is 0.331 e. The molecule has 3 aliphatic rings. The second kappa shape index (κ2) is 21.5. The molecule has 0 amide bonds. The van der Waals surface area contributed by atoms with Gasteiger partial charge in [0.15, 0.2) is 18.5 Å². The topological polar surface area (TPSA) is 251 Å². The lowest BCUT2D eigenvalue weighted by molar-refractivity contribution is -0.395. The zero-order valence-electron chi connectivity index (χ0n) is 33.0. The molecule has 3 aliphatic heterocycles. The Hall–Kier alpha value is -3.42. The molecule has 2 fully saturated rings. The van der Waals surface area contributed by atoms with Gasteiger partial charge in [-0.05, 0) is 55.6 Å². The Bertz CT molecular complexity index is 1550. The van der Waals surface area contributed by atoms with Crippen LogP contribution in [0.15, 0.2) is 48.6 Å². The number of unbranched alkanes of at least 4 members (excludes halogenated alkanes) is 1. The van der Waals surface area contributed by atoms with Gasteiger partial charge in [-0.25, -0.2) is 4.79 Å². The number of aliphatic hydroxyl groups excluding tert-OH is 6. The van der Waals surface area contributed by atoms with Crippen LogP contribution in [0, 0.1) is 11.8 Å². The Labute approximate surface area is 332 Å². The molecule has 1 spiro atoms. The molecule has 2 saturated heterocycles. The number of fused-ring (bicyclic) bond motifs is 2. The quantitative estimate of drug-likeness (QED) is 0.0328. The number of rotatable bonds is 19. The summed E-state index contributed by atoms with van der Waals surface area (Å²) < 4.78 is 34.5. The predicted octanol–water partition coefficient (Wildman–Crippen LogP) is 2.25. The molecule has 0 radical (unpaired) electrons. The van der Waals surface area contributed by atoms with E-state index in [1.165, 1.54) is 12.1 Å². The van der Waals surface area contributed by atoms with Gasteiger partial charge in [0, 0.05) is 18.6 Å². The number of carbonyl (C=O) groups is 2. The van der Waals surface area contributed by atoms with Crippen molar-refractivity contribution in [2.75, 3.05) is 13.2 Å². The maximum atomic E-state index is 13.3. The average Bonchev–Trinajstić information content (AvgIpc) is 3.55. The lowest BCUT2D eigenvalue weighted by atomic mass is 9.86. The number of esters is 2. The second-order valence-electron chi connectivity index (χ2n) is 15.0. The SMILES string of the molecule is CCCC(=O)OC[C@@H]1O[C@H](O[C@H]2[C@H](OC(=O)C=CC=CC[C@H](O)[C@H](C)CCCC=C[C@H](C)CC)[C@@H](O)[C@@]3(OCc4cc(O)cc(O)c43)O[C@@H]2CO)[C@@H](O)[C@H](O)[C@H]1O. The highest BCUT2D eigenvalue weighted by molar-refractivity contribution is 5.82. The lowest BCUT2D eigenvalue weighted by Crippen LogP contribution is -2.67. The Balaban J connectivity index is 1.51. The van der Waals surface area contributed by atoms with E-state index < -0.39 is 97.9 Å². The van der Waals surface area contributed by atoms with Crippen LogP contribution < -0.4 is 0 Å². The van der Waals surface area contributed by atoms with Gasteiger partial charge in [0.25, 0.3) is 0 Å². The fourth-order valence-electron chi connectivity index (χ4n) is 7.00. The van der Waals surface area contributed by atoms with Crippen molar-refractivity contribution in [1.82, 2.24) is 0 Å². The predicted molar refractivity (Wildman–Crippen MR) is 202 cm³/mol. The number of phenols is 2. The van der Waals surface area contributed by atoms with Gasteiger partial charge in [-0.2, -0.15) is 0 Å². The van der Waals surface area contributed by atoms with Crippen molar-refractivity contribution in [3.05, 3.63) is 59.7 Å². The number of aromatic hydroxyl groups is 2. The molecule has 16 nitrogen and oxygen atoms in total. The van der Waals surface area contributed by atoms with Crippen LogP contribution in [0.4, 0.5) is 0 Å². The van der Waals surface area contributed by atoms with Gasteiger partial charge in [0.2, 0.25) is 5.79 Å². The molecule has 0 bridgehead atoms. The molecule has 0 saturated carbocycles. The van der Waals surface area contributed by atoms with Crippen molar-refractivity contribution >= 4 is 11.9 Å². The lowest BCUT2D eigenvalue weighted by Gasteiger charge is -2.50. The smallest absolute Gasteiger partial charge is 0.331 e. The van der Waals surface area contributed by atoms with Gasteiger partial charge in [-0.15, -0.1) is 0 Å². The summed E-state index contributed by atoms with van der Waals surface area (Å²) in [4.78, 5) is 25.3. The van der Waals surface area contributed by atoms with Gasteiger partial charge in [0.1, 0.15) is 54.7 Å². The molecule has 57 heavy (non-hydrogen) atoms. The summed E-state index contributed by atoms with van der Waals surface area (Å²) in [5.41, 5.74) is 0.136. The number of carbonyl (C=O) groups excluding carboxylic acids is 2. The standard InChI is InChI=1S/C41H60O16/c1-5-13-31(46)52-22-30-34(48)35(49)36(50)40(54-30)56-37-29(20-42)57-41(33-25(21-53-41)18-26(43)19-28(33)45)39(51)38(37)55-32(47)17-12-8-11-16-27(44)24(4)15-10-7-9-14-23(3)6-2/h8-9,11-12,14,17-19,23-24,27,29-30,34-40,42-45,48-51H,5-7,10,13,15-16,20-22H2,1-4H3/t23-,24-,27+,29-,30+,34+,35-,36+,37-,38+,39-,40-,41+/m1/s1. The van der Waals surface area contributed by atoms with E-state index in [0.29, 0.717) is 18.8 Å². The van der Waals surface area contributed by atoms with Gasteiger partial charge < -0.3 is 69.3 Å². The summed E-state index contributed by atoms with van der Waals surface area (Å²) in [6, 6.07) is 2.28. The van der Waals surface area contributed by atoms with Gasteiger partial charge in [0.05, 0.1) is 24.9 Å². The van der Waals surface area contributed by atoms with Crippen LogP contribution in [0.25, 0.3) is 0 Å². The molecule has 4 rings (SSSR count). The minimum Gasteiger partial charge on any atom is -0.508 e. The first-order valence-corrected chi connectivity index (χ1v) is 19.7. The van der Waals surface area contributed by atoms with Crippen LogP contribution >= 0.6 is 0 Å². The number of phenolic OH excluding ortho intramolecular Hbond substituents is 2. The van der Waals surface area contributed by atoms with Crippen molar-refractivity contribution in [3.8, 4) is 11.5 Å². The van der Waals surface area contributed by atoms with E-state index in [-0.39, 0.29) is 35.8 Å². The highest BCUT2D eigenvalue weighted by atomic mass is 16.8. The molecule has 0 aromatic heterocycles. The van der Waals surface area contributed by atoms with E-state index in [9.17, 15) is 50.4 Å². The molecule has 320 valence electrons. The molecular weight excluding hydrogens is 748 g/mol. The van der Waals surface area contributed by atoms with Crippen LogP contribution in [0.1, 0.15) is 83.8 Å². The first kappa shape index (κ1) is 46.3. The fraction of sp³-hybridized carbons (Fsp3) is 0.659. The van der Waals surface area contributed by atoms with Gasteiger partial charge in [-0.3, -0.25) is 4.79 Å². The second-order valence-corrected chi connectivity index (χ2v) is 15.0. The first-order valence-electron chi connectivity index (χ1n) is 19.7. The zero-order valence-corrected chi connectivity index (χ0v) is 33.0. The Kier molecular flexibility index (Phi) is 17.5. The number of allylic oxidation sites excluding steroid dienone is 4. The summed E-state index contributed by atoms with van der Waals surface area (Å²) in [6.07, 6.45) is -1.46.